The molecule has 2 aromatic carbocycles. The zero-order valence-electron chi connectivity index (χ0n) is 17.7. The van der Waals surface area contributed by atoms with E-state index in [0.717, 1.165) is 11.1 Å². The van der Waals surface area contributed by atoms with Gasteiger partial charge in [-0.2, -0.15) is 5.10 Å². The molecule has 8 heteroatoms. The monoisotopic (exact) mass is 422 g/mol. The van der Waals surface area contributed by atoms with Gasteiger partial charge in [0.15, 0.2) is 11.6 Å². The van der Waals surface area contributed by atoms with Crippen LogP contribution >= 0.6 is 0 Å². The number of carbonyl (C=O) groups excluding carboxylic acids is 2. The third kappa shape index (κ3) is 3.65. The molecule has 3 aromatic rings. The lowest BCUT2D eigenvalue weighted by atomic mass is 9.81. The standard InChI is InChI=1S/C23H23FN4O3/c1-12-5-7-14(8-6-12)22(29)25-20-19(15-9-10-17(31-4)16(24)11-15)18-13(2)27-28(3)21(18)26-23(20)30/h5-11,19-20H,1-4H3,(H,25,29)(H,26,30)/t19-,20+/m0/s1. The number of aryl methyl sites for hydroxylation is 3. The first-order valence-electron chi connectivity index (χ1n) is 9.85. The number of rotatable bonds is 4. The smallest absolute Gasteiger partial charge is 0.251 e. The van der Waals surface area contributed by atoms with Crippen LogP contribution in [0.2, 0.25) is 0 Å². The largest absolute Gasteiger partial charge is 0.494 e. The van der Waals surface area contributed by atoms with Crippen LogP contribution in [0.15, 0.2) is 42.5 Å². The molecular formula is C23H23FN4O3. The van der Waals surface area contributed by atoms with Crippen molar-refractivity contribution in [2.24, 2.45) is 7.05 Å². The van der Waals surface area contributed by atoms with Crippen LogP contribution in [0.25, 0.3) is 0 Å². The molecule has 7 nitrogen and oxygen atoms in total. The van der Waals surface area contributed by atoms with Crippen LogP contribution in [0.4, 0.5) is 10.2 Å². The summed E-state index contributed by atoms with van der Waals surface area (Å²) in [4.78, 5) is 26.0. The van der Waals surface area contributed by atoms with Crippen molar-refractivity contribution in [3.63, 3.8) is 0 Å². The highest BCUT2D eigenvalue weighted by atomic mass is 19.1. The maximum Gasteiger partial charge on any atom is 0.251 e. The van der Waals surface area contributed by atoms with Gasteiger partial charge in [-0.05, 0) is 43.7 Å². The summed E-state index contributed by atoms with van der Waals surface area (Å²) in [5, 5.41) is 10.1. The molecule has 0 saturated carbocycles. The number of hydrogen-bond donors (Lipinski definition) is 2. The fraction of sp³-hybridized carbons (Fsp3) is 0.261. The predicted octanol–water partition coefficient (Wildman–Crippen LogP) is 3.07. The summed E-state index contributed by atoms with van der Waals surface area (Å²) in [6.45, 7) is 3.75. The Kier molecular flexibility index (Phi) is 5.22. The summed E-state index contributed by atoms with van der Waals surface area (Å²) >= 11 is 0. The van der Waals surface area contributed by atoms with Crippen molar-refractivity contribution >= 4 is 17.6 Å². The number of methoxy groups -OCH3 is 1. The molecule has 1 aliphatic rings. The van der Waals surface area contributed by atoms with Gasteiger partial charge in [-0.1, -0.05) is 23.8 Å². The maximum atomic E-state index is 14.5. The first-order valence-corrected chi connectivity index (χ1v) is 9.85. The Morgan fingerprint density at radius 2 is 1.90 bits per heavy atom. The molecule has 0 spiro atoms. The molecule has 2 amide bonds. The zero-order chi connectivity index (χ0) is 22.3. The van der Waals surface area contributed by atoms with Crippen molar-refractivity contribution in [1.29, 1.82) is 0 Å². The van der Waals surface area contributed by atoms with E-state index in [1.165, 1.54) is 19.2 Å². The zero-order valence-corrected chi connectivity index (χ0v) is 17.7. The van der Waals surface area contributed by atoms with Crippen molar-refractivity contribution in [3.05, 3.63) is 76.2 Å². The fourth-order valence-corrected chi connectivity index (χ4v) is 4.02. The van der Waals surface area contributed by atoms with Crippen molar-refractivity contribution in [3.8, 4) is 5.75 Å². The molecule has 4 rings (SSSR count). The lowest BCUT2D eigenvalue weighted by Gasteiger charge is -2.32. The van der Waals surface area contributed by atoms with Gasteiger partial charge in [-0.3, -0.25) is 14.3 Å². The molecular weight excluding hydrogens is 399 g/mol. The highest BCUT2D eigenvalue weighted by Gasteiger charge is 2.41. The summed E-state index contributed by atoms with van der Waals surface area (Å²) in [5.74, 6) is -1.30. The van der Waals surface area contributed by atoms with Gasteiger partial charge < -0.3 is 15.4 Å². The van der Waals surface area contributed by atoms with Gasteiger partial charge in [0.1, 0.15) is 11.9 Å². The average Bonchev–Trinajstić information content (AvgIpc) is 3.02. The Morgan fingerprint density at radius 3 is 2.55 bits per heavy atom. The lowest BCUT2D eigenvalue weighted by molar-refractivity contribution is -0.118. The Balaban J connectivity index is 1.79. The predicted molar refractivity (Wildman–Crippen MR) is 114 cm³/mol. The second-order valence-electron chi connectivity index (χ2n) is 7.65. The molecule has 0 bridgehead atoms. The number of nitrogens with zero attached hydrogens (tertiary/aromatic N) is 2. The maximum absolute atomic E-state index is 14.5. The number of benzene rings is 2. The van der Waals surface area contributed by atoms with Gasteiger partial charge in [0.05, 0.1) is 12.8 Å². The van der Waals surface area contributed by atoms with E-state index in [0.29, 0.717) is 22.6 Å². The molecule has 160 valence electrons. The number of anilines is 1. The van der Waals surface area contributed by atoms with Crippen LogP contribution in [0.3, 0.4) is 0 Å². The number of hydrogen-bond acceptors (Lipinski definition) is 4. The lowest BCUT2D eigenvalue weighted by Crippen LogP contribution is -2.50. The van der Waals surface area contributed by atoms with Crippen LogP contribution < -0.4 is 15.4 Å². The molecule has 0 fully saturated rings. The van der Waals surface area contributed by atoms with Crippen molar-refractivity contribution in [1.82, 2.24) is 15.1 Å². The van der Waals surface area contributed by atoms with Gasteiger partial charge in [-0.15, -0.1) is 0 Å². The van der Waals surface area contributed by atoms with E-state index < -0.39 is 23.7 Å². The normalized spacial score (nSPS) is 17.6. The number of ether oxygens (including phenoxy) is 1. The Morgan fingerprint density at radius 1 is 1.19 bits per heavy atom. The van der Waals surface area contributed by atoms with E-state index in [1.54, 1.807) is 29.9 Å². The van der Waals surface area contributed by atoms with Crippen molar-refractivity contribution in [2.75, 3.05) is 12.4 Å². The Bertz CT molecular complexity index is 1170. The van der Waals surface area contributed by atoms with Gasteiger partial charge in [0, 0.05) is 24.1 Å². The minimum absolute atomic E-state index is 0.104. The molecule has 0 aliphatic carbocycles. The Labute approximate surface area is 179 Å². The van der Waals surface area contributed by atoms with Gasteiger partial charge in [0.25, 0.3) is 5.91 Å². The molecule has 31 heavy (non-hydrogen) atoms. The number of aromatic nitrogens is 2. The molecule has 1 aliphatic heterocycles. The van der Waals surface area contributed by atoms with Crippen LogP contribution in [-0.4, -0.2) is 34.7 Å². The van der Waals surface area contributed by atoms with E-state index >= 15 is 0 Å². The molecule has 0 saturated heterocycles. The van der Waals surface area contributed by atoms with Gasteiger partial charge in [0.2, 0.25) is 5.91 Å². The molecule has 0 unspecified atom stereocenters. The van der Waals surface area contributed by atoms with Crippen LogP contribution in [0.5, 0.6) is 5.75 Å². The highest BCUT2D eigenvalue weighted by Crippen LogP contribution is 2.40. The minimum atomic E-state index is -0.947. The van der Waals surface area contributed by atoms with E-state index in [4.69, 9.17) is 4.74 Å². The number of halogens is 1. The van der Waals surface area contributed by atoms with Crippen LogP contribution in [0, 0.1) is 19.7 Å². The first kappa shape index (κ1) is 20.6. The SMILES string of the molecule is COc1ccc([C@H]2c3c(C)nn(C)c3NC(=O)[C@@H]2NC(=O)c2ccc(C)cc2)cc1F. The quantitative estimate of drug-likeness (QED) is 0.677. The van der Waals surface area contributed by atoms with Crippen molar-refractivity contribution in [2.45, 2.75) is 25.8 Å². The third-order valence-electron chi connectivity index (χ3n) is 5.57. The van der Waals surface area contributed by atoms with Gasteiger partial charge in [-0.25, -0.2) is 4.39 Å². The summed E-state index contributed by atoms with van der Waals surface area (Å²) in [6, 6.07) is 10.7. The van der Waals surface area contributed by atoms with Gasteiger partial charge >= 0.3 is 0 Å². The highest BCUT2D eigenvalue weighted by molar-refractivity contribution is 6.03. The topological polar surface area (TPSA) is 85.2 Å². The van der Waals surface area contributed by atoms with Crippen LogP contribution in [0.1, 0.15) is 38.7 Å². The molecule has 2 atom stereocenters. The van der Waals surface area contributed by atoms with Crippen LogP contribution in [-0.2, 0) is 11.8 Å². The first-order chi connectivity index (χ1) is 14.8. The minimum Gasteiger partial charge on any atom is -0.494 e. The molecule has 0 radical (unpaired) electrons. The summed E-state index contributed by atoms with van der Waals surface area (Å²) in [5.41, 5.74) is 3.43. The molecule has 2 heterocycles. The summed E-state index contributed by atoms with van der Waals surface area (Å²) in [6.07, 6.45) is 0. The van der Waals surface area contributed by atoms with E-state index in [-0.39, 0.29) is 11.7 Å². The average molecular weight is 422 g/mol. The fourth-order valence-electron chi connectivity index (χ4n) is 4.02. The van der Waals surface area contributed by atoms with E-state index in [9.17, 15) is 14.0 Å². The third-order valence-corrected chi connectivity index (χ3v) is 5.57. The molecule has 1 aromatic heterocycles. The van der Waals surface area contributed by atoms with E-state index in [1.807, 2.05) is 26.0 Å². The van der Waals surface area contributed by atoms with Crippen molar-refractivity contribution < 1.29 is 18.7 Å². The summed E-state index contributed by atoms with van der Waals surface area (Å²) < 4.78 is 21.1. The van der Waals surface area contributed by atoms with E-state index in [2.05, 4.69) is 15.7 Å². The number of nitrogens with one attached hydrogen (secondary N) is 2. The summed E-state index contributed by atoms with van der Waals surface area (Å²) in [7, 11) is 3.11. The number of amides is 2. The Hall–Kier alpha value is -3.68. The number of carbonyl (C=O) groups is 2. The molecule has 2 N–H and O–H groups in total. The second-order valence-corrected chi connectivity index (χ2v) is 7.65. The second kappa shape index (κ2) is 7.86. The number of fused-ring (bicyclic) bond motifs is 1.